The van der Waals surface area contributed by atoms with E-state index in [1.807, 2.05) is 0 Å². The number of aliphatic hydroxyl groups is 1. The zero-order chi connectivity index (χ0) is 12.1. The lowest BCUT2D eigenvalue weighted by atomic mass is 10.1. The largest absolute Gasteiger partial charge is 0.504 e. The van der Waals surface area contributed by atoms with Crippen LogP contribution in [0.1, 0.15) is 25.5 Å². The molecule has 0 unspecified atom stereocenters. The van der Waals surface area contributed by atoms with E-state index in [2.05, 4.69) is 19.2 Å². The van der Waals surface area contributed by atoms with E-state index < -0.39 is 6.10 Å². The maximum Gasteiger partial charge on any atom is 0.157 e. The van der Waals surface area contributed by atoms with E-state index in [1.165, 1.54) is 12.1 Å². The monoisotopic (exact) mass is 225 g/mol. The smallest absolute Gasteiger partial charge is 0.157 e. The fourth-order valence-electron chi connectivity index (χ4n) is 1.37. The van der Waals surface area contributed by atoms with Gasteiger partial charge in [0.15, 0.2) is 11.5 Å². The van der Waals surface area contributed by atoms with Crippen LogP contribution in [0.5, 0.6) is 11.5 Å². The molecule has 0 radical (unpaired) electrons. The highest BCUT2D eigenvalue weighted by Crippen LogP contribution is 2.27. The van der Waals surface area contributed by atoms with Crippen LogP contribution in [0.15, 0.2) is 18.2 Å². The zero-order valence-electron chi connectivity index (χ0n) is 9.64. The summed E-state index contributed by atoms with van der Waals surface area (Å²) in [4.78, 5) is 0. The molecule has 0 fully saturated rings. The number of hydrogen-bond acceptors (Lipinski definition) is 4. The van der Waals surface area contributed by atoms with E-state index in [0.29, 0.717) is 18.0 Å². The summed E-state index contributed by atoms with van der Waals surface area (Å²) in [6.45, 7) is 5.45. The Morgan fingerprint density at radius 1 is 1.12 bits per heavy atom. The van der Waals surface area contributed by atoms with Crippen LogP contribution < -0.4 is 5.32 Å². The summed E-state index contributed by atoms with van der Waals surface area (Å²) in [6, 6.07) is 4.34. The van der Waals surface area contributed by atoms with E-state index in [-0.39, 0.29) is 11.5 Å². The molecule has 90 valence electrons. The molecule has 0 saturated heterocycles. The highest BCUT2D eigenvalue weighted by atomic mass is 16.3. The Balaban J connectivity index is 2.52. The highest BCUT2D eigenvalue weighted by Gasteiger charge is 2.09. The minimum Gasteiger partial charge on any atom is -0.504 e. The van der Waals surface area contributed by atoms with E-state index in [0.717, 1.165) is 6.54 Å². The molecule has 0 bridgehead atoms. The summed E-state index contributed by atoms with van der Waals surface area (Å²) in [7, 11) is 0. The second-order valence-corrected chi connectivity index (χ2v) is 4.32. The molecular weight excluding hydrogens is 206 g/mol. The molecule has 0 aliphatic carbocycles. The van der Waals surface area contributed by atoms with Crippen molar-refractivity contribution in [2.75, 3.05) is 13.1 Å². The molecule has 1 aromatic carbocycles. The lowest BCUT2D eigenvalue weighted by Gasteiger charge is -2.14. The Morgan fingerprint density at radius 2 is 1.81 bits per heavy atom. The van der Waals surface area contributed by atoms with Gasteiger partial charge in [0.2, 0.25) is 0 Å². The molecule has 1 rings (SSSR count). The summed E-state index contributed by atoms with van der Waals surface area (Å²) in [5.41, 5.74) is 0.589. The van der Waals surface area contributed by atoms with Crippen LogP contribution in [0.4, 0.5) is 0 Å². The van der Waals surface area contributed by atoms with Gasteiger partial charge in [-0.3, -0.25) is 0 Å². The number of aromatic hydroxyl groups is 2. The van der Waals surface area contributed by atoms with Crippen LogP contribution in [-0.2, 0) is 0 Å². The maximum absolute atomic E-state index is 9.79. The SMILES string of the molecule is CC(C)CNC[C@@H](O)c1ccc(O)c(O)c1. The minimum absolute atomic E-state index is 0.175. The Labute approximate surface area is 95.6 Å². The van der Waals surface area contributed by atoms with Crippen LogP contribution in [0, 0.1) is 5.92 Å². The molecule has 0 aromatic heterocycles. The molecule has 1 atom stereocenters. The third-order valence-corrected chi connectivity index (χ3v) is 2.27. The van der Waals surface area contributed by atoms with Crippen LogP contribution in [0.2, 0.25) is 0 Å². The van der Waals surface area contributed by atoms with Crippen LogP contribution in [0.3, 0.4) is 0 Å². The van der Waals surface area contributed by atoms with Crippen LogP contribution in [-0.4, -0.2) is 28.4 Å². The zero-order valence-corrected chi connectivity index (χ0v) is 9.64. The molecule has 0 amide bonds. The summed E-state index contributed by atoms with van der Waals surface area (Å²) in [5.74, 6) is 0.145. The van der Waals surface area contributed by atoms with Gasteiger partial charge >= 0.3 is 0 Å². The lowest BCUT2D eigenvalue weighted by molar-refractivity contribution is 0.173. The third-order valence-electron chi connectivity index (χ3n) is 2.27. The number of hydrogen-bond donors (Lipinski definition) is 4. The van der Waals surface area contributed by atoms with Gasteiger partial charge in [-0.15, -0.1) is 0 Å². The van der Waals surface area contributed by atoms with Crippen molar-refractivity contribution in [1.82, 2.24) is 5.32 Å². The van der Waals surface area contributed by atoms with Crippen molar-refractivity contribution < 1.29 is 15.3 Å². The Morgan fingerprint density at radius 3 is 2.38 bits per heavy atom. The summed E-state index contributed by atoms with van der Waals surface area (Å²) in [6.07, 6.45) is -0.676. The number of phenols is 2. The van der Waals surface area contributed by atoms with Crippen molar-refractivity contribution in [2.45, 2.75) is 20.0 Å². The van der Waals surface area contributed by atoms with Crippen molar-refractivity contribution in [3.8, 4) is 11.5 Å². The first-order valence-electron chi connectivity index (χ1n) is 5.41. The van der Waals surface area contributed by atoms with Gasteiger partial charge < -0.3 is 20.6 Å². The standard InChI is InChI=1S/C12H19NO3/c1-8(2)6-13-7-12(16)9-3-4-10(14)11(15)5-9/h3-5,8,12-16H,6-7H2,1-2H3/t12-/m1/s1. The summed E-state index contributed by atoms with van der Waals surface area (Å²) >= 11 is 0. The first-order chi connectivity index (χ1) is 7.50. The van der Waals surface area contributed by atoms with Crippen molar-refractivity contribution in [3.05, 3.63) is 23.8 Å². The number of phenolic OH excluding ortho intramolecular Hbond substituents is 2. The van der Waals surface area contributed by atoms with Gasteiger partial charge in [0, 0.05) is 6.54 Å². The fourth-order valence-corrected chi connectivity index (χ4v) is 1.37. The van der Waals surface area contributed by atoms with Crippen molar-refractivity contribution in [1.29, 1.82) is 0 Å². The molecular formula is C12H19NO3. The van der Waals surface area contributed by atoms with Gasteiger partial charge in [-0.2, -0.15) is 0 Å². The van der Waals surface area contributed by atoms with Gasteiger partial charge in [-0.05, 0) is 30.2 Å². The number of benzene rings is 1. The van der Waals surface area contributed by atoms with E-state index in [9.17, 15) is 10.2 Å². The van der Waals surface area contributed by atoms with Crippen molar-refractivity contribution in [3.63, 3.8) is 0 Å². The predicted octanol–water partition coefficient (Wildman–Crippen LogP) is 1.38. The minimum atomic E-state index is -0.676. The molecule has 0 heterocycles. The molecule has 16 heavy (non-hydrogen) atoms. The molecule has 4 nitrogen and oxygen atoms in total. The molecule has 0 aliphatic rings. The third kappa shape index (κ3) is 3.72. The molecule has 0 saturated carbocycles. The van der Waals surface area contributed by atoms with Crippen molar-refractivity contribution in [2.24, 2.45) is 5.92 Å². The average molecular weight is 225 g/mol. The lowest BCUT2D eigenvalue weighted by Crippen LogP contribution is -2.25. The number of nitrogens with one attached hydrogen (secondary N) is 1. The van der Waals surface area contributed by atoms with Crippen LogP contribution >= 0.6 is 0 Å². The van der Waals surface area contributed by atoms with Crippen molar-refractivity contribution >= 4 is 0 Å². The first-order valence-corrected chi connectivity index (χ1v) is 5.41. The molecule has 4 N–H and O–H groups in total. The van der Waals surface area contributed by atoms with Gasteiger partial charge in [-0.1, -0.05) is 19.9 Å². The first kappa shape index (κ1) is 12.8. The average Bonchev–Trinajstić information content (AvgIpc) is 2.21. The Kier molecular flexibility index (Phi) is 4.58. The second kappa shape index (κ2) is 5.72. The normalized spacial score (nSPS) is 13.0. The summed E-state index contributed by atoms with van der Waals surface area (Å²) < 4.78 is 0. The molecule has 0 spiro atoms. The Hall–Kier alpha value is -1.26. The molecule has 4 heteroatoms. The summed E-state index contributed by atoms with van der Waals surface area (Å²) in [5, 5.41) is 31.3. The topological polar surface area (TPSA) is 72.7 Å². The number of rotatable bonds is 5. The van der Waals surface area contributed by atoms with Crippen LogP contribution in [0.25, 0.3) is 0 Å². The van der Waals surface area contributed by atoms with Gasteiger partial charge in [0.25, 0.3) is 0 Å². The second-order valence-electron chi connectivity index (χ2n) is 4.32. The van der Waals surface area contributed by atoms with E-state index >= 15 is 0 Å². The predicted molar refractivity (Wildman–Crippen MR) is 62.4 cm³/mol. The molecule has 0 aliphatic heterocycles. The highest BCUT2D eigenvalue weighted by molar-refractivity contribution is 5.41. The van der Waals surface area contributed by atoms with Gasteiger partial charge in [0.1, 0.15) is 0 Å². The van der Waals surface area contributed by atoms with Gasteiger partial charge in [-0.25, -0.2) is 0 Å². The maximum atomic E-state index is 9.79. The molecule has 1 aromatic rings. The fraction of sp³-hybridized carbons (Fsp3) is 0.500. The number of aliphatic hydroxyl groups excluding tert-OH is 1. The van der Waals surface area contributed by atoms with E-state index in [4.69, 9.17) is 5.11 Å². The quantitative estimate of drug-likeness (QED) is 0.571. The Bertz CT molecular complexity index is 339. The van der Waals surface area contributed by atoms with E-state index in [1.54, 1.807) is 6.07 Å². The van der Waals surface area contributed by atoms with Gasteiger partial charge in [0.05, 0.1) is 6.10 Å².